The molecule has 0 spiro atoms. The van der Waals surface area contributed by atoms with Crippen molar-refractivity contribution in [1.82, 2.24) is 0 Å². The summed E-state index contributed by atoms with van der Waals surface area (Å²) < 4.78 is 39.5. The van der Waals surface area contributed by atoms with Gasteiger partial charge in [-0.1, -0.05) is 266 Å². The summed E-state index contributed by atoms with van der Waals surface area (Å²) in [6.07, 6.45) is 0. The van der Waals surface area contributed by atoms with E-state index in [-0.39, 0.29) is 5.69 Å². The first-order chi connectivity index (χ1) is 49.5. The molecule has 0 saturated carbocycles. The number of nitrogens with zero attached hydrogens (tertiary/aromatic N) is 5. The van der Waals surface area contributed by atoms with Crippen LogP contribution in [0.2, 0.25) is 0 Å². The van der Waals surface area contributed by atoms with Gasteiger partial charge in [-0.3, -0.25) is 0 Å². The largest absolute Gasteiger partial charge is 0.311 e. The van der Waals surface area contributed by atoms with Gasteiger partial charge >= 0.3 is 0 Å². The van der Waals surface area contributed by atoms with Gasteiger partial charge in [-0.2, -0.15) is 0 Å². The van der Waals surface area contributed by atoms with Gasteiger partial charge in [0, 0.05) is 83.5 Å². The molecule has 0 aliphatic carbocycles. The molecule has 0 atom stereocenters. The Morgan fingerprint density at radius 1 is 0.280 bits per heavy atom. The average Bonchev–Trinajstić information content (AvgIpc) is 0.681. The number of para-hydroxylation sites is 8. The molecule has 0 unspecified atom stereocenters. The molecule has 10 heteroatoms. The minimum absolute atomic E-state index is 0.251. The second-order valence-corrected chi connectivity index (χ2v) is 26.8. The lowest BCUT2D eigenvalue weighted by molar-refractivity contribution is 0.603. The molecule has 0 aromatic heterocycles. The highest BCUT2D eigenvalue weighted by molar-refractivity contribution is 8.00. The third-order valence-corrected chi connectivity index (χ3v) is 21.3. The lowest BCUT2D eigenvalue weighted by Crippen LogP contribution is -2.65. The Bertz CT molecular complexity index is 5610. The number of rotatable bonds is 12. The van der Waals surface area contributed by atoms with Gasteiger partial charge in [0.25, 0.3) is 6.71 Å². The molecule has 0 bridgehead atoms. The molecule has 0 saturated heterocycles. The molecule has 0 amide bonds. The lowest BCUT2D eigenvalue weighted by atomic mass is 9.31. The van der Waals surface area contributed by atoms with E-state index in [1.54, 1.807) is 6.07 Å². The average molecular weight is 1300 g/mol. The quantitative estimate of drug-likeness (QED) is 0.113. The fourth-order valence-electron chi connectivity index (χ4n) is 16.0. The topological polar surface area (TPSA) is 16.2 Å². The van der Waals surface area contributed by atoms with E-state index in [2.05, 4.69) is 305 Å². The molecule has 4 aliphatic heterocycles. The first kappa shape index (κ1) is 58.9. The van der Waals surface area contributed by atoms with Crippen LogP contribution >= 0.6 is 11.8 Å². The minimum atomic E-state index is -0.533. The number of anilines is 15. The maximum Gasteiger partial charge on any atom is 0.252 e. The van der Waals surface area contributed by atoms with Crippen LogP contribution in [0, 0.1) is 11.6 Å². The Labute approximate surface area is 585 Å². The number of hydrogen-bond acceptors (Lipinski definition) is 6. The molecular weight excluding hydrogens is 1240 g/mol. The minimum Gasteiger partial charge on any atom is -0.311 e. The summed E-state index contributed by atoms with van der Waals surface area (Å²) in [5.74, 6) is -0.907. The maximum atomic E-state index is 20.9. The molecule has 19 rings (SSSR count). The predicted molar refractivity (Wildman–Crippen MR) is 416 cm³/mol. The highest BCUT2D eigenvalue weighted by Gasteiger charge is 2.50. The van der Waals surface area contributed by atoms with Crippen molar-refractivity contribution in [3.05, 3.63) is 370 Å². The molecule has 470 valence electrons. The molecule has 15 aromatic carbocycles. The van der Waals surface area contributed by atoms with Gasteiger partial charge < -0.3 is 24.5 Å². The Hall–Kier alpha value is -12.4. The van der Waals surface area contributed by atoms with Crippen molar-refractivity contribution in [1.29, 1.82) is 0 Å². The van der Waals surface area contributed by atoms with Gasteiger partial charge in [-0.25, -0.2) is 8.78 Å². The van der Waals surface area contributed by atoms with Crippen LogP contribution in [0.25, 0.3) is 33.4 Å². The van der Waals surface area contributed by atoms with E-state index in [1.807, 2.05) is 65.6 Å². The summed E-state index contributed by atoms with van der Waals surface area (Å²) in [4.78, 5) is 12.7. The molecule has 5 nitrogen and oxygen atoms in total. The smallest absolute Gasteiger partial charge is 0.252 e. The third-order valence-electron chi connectivity index (χ3n) is 20.1. The van der Waals surface area contributed by atoms with Crippen molar-refractivity contribution < 1.29 is 8.78 Å². The van der Waals surface area contributed by atoms with Gasteiger partial charge in [0.1, 0.15) is 5.82 Å². The van der Waals surface area contributed by atoms with Gasteiger partial charge in [-0.15, -0.1) is 0 Å². The van der Waals surface area contributed by atoms with Crippen molar-refractivity contribution in [3.63, 3.8) is 0 Å². The maximum absolute atomic E-state index is 20.9. The van der Waals surface area contributed by atoms with Crippen LogP contribution in [0.5, 0.6) is 0 Å². The Morgan fingerprint density at radius 2 is 0.710 bits per heavy atom. The zero-order valence-corrected chi connectivity index (χ0v) is 54.9. The molecule has 4 aliphatic rings. The van der Waals surface area contributed by atoms with Crippen molar-refractivity contribution in [2.75, 3.05) is 24.5 Å². The van der Waals surface area contributed by atoms with E-state index in [9.17, 15) is 0 Å². The number of fused-ring (bicyclic) bond motifs is 8. The van der Waals surface area contributed by atoms with Crippen LogP contribution in [-0.4, -0.2) is 13.4 Å². The van der Waals surface area contributed by atoms with Gasteiger partial charge in [0.15, 0.2) is 5.82 Å². The van der Waals surface area contributed by atoms with E-state index in [4.69, 9.17) is 0 Å². The molecule has 4 heterocycles. The zero-order valence-electron chi connectivity index (χ0n) is 54.1. The van der Waals surface area contributed by atoms with E-state index in [0.717, 1.165) is 134 Å². The molecule has 15 aromatic rings. The second kappa shape index (κ2) is 24.3. The number of hydrogen-bond donors (Lipinski definition) is 0. The van der Waals surface area contributed by atoms with Crippen LogP contribution in [0.1, 0.15) is 0 Å². The van der Waals surface area contributed by atoms with Crippen LogP contribution in [0.3, 0.4) is 0 Å². The van der Waals surface area contributed by atoms with Gasteiger partial charge in [0.05, 0.1) is 22.7 Å². The molecule has 0 fully saturated rings. The van der Waals surface area contributed by atoms with Crippen molar-refractivity contribution >= 4 is 143 Å². The number of halogens is 2. The zero-order chi connectivity index (χ0) is 66.4. The van der Waals surface area contributed by atoms with Crippen LogP contribution in [0.4, 0.5) is 94.1 Å². The highest BCUT2D eigenvalue weighted by atomic mass is 32.2. The summed E-state index contributed by atoms with van der Waals surface area (Å²) in [5, 5.41) is 0. The first-order valence-corrected chi connectivity index (χ1v) is 34.7. The fraction of sp³-hybridized carbons (Fsp3) is 0. The summed E-state index contributed by atoms with van der Waals surface area (Å²) in [5.41, 5.74) is 24.0. The Morgan fingerprint density at radius 3 is 1.29 bits per heavy atom. The first-order valence-electron chi connectivity index (χ1n) is 33.9. The fourth-order valence-corrected chi connectivity index (χ4v) is 17.2. The van der Waals surface area contributed by atoms with Crippen LogP contribution in [0.15, 0.2) is 368 Å². The van der Waals surface area contributed by atoms with Crippen LogP contribution in [-0.2, 0) is 0 Å². The summed E-state index contributed by atoms with van der Waals surface area (Å²) in [6.45, 7) is -0.981. The molecule has 0 N–H and O–H groups in total. The van der Waals surface area contributed by atoms with Gasteiger partial charge in [-0.05, 0) is 159 Å². The summed E-state index contributed by atoms with van der Waals surface area (Å²) >= 11 is 1.47. The van der Waals surface area contributed by atoms with E-state index >= 15 is 8.78 Å². The van der Waals surface area contributed by atoms with E-state index in [1.165, 1.54) is 17.8 Å². The summed E-state index contributed by atoms with van der Waals surface area (Å²) in [6, 6.07) is 124. The van der Waals surface area contributed by atoms with E-state index in [0.29, 0.717) is 21.8 Å². The monoisotopic (exact) mass is 1300 g/mol. The molecule has 0 radical (unpaired) electrons. The van der Waals surface area contributed by atoms with Crippen molar-refractivity contribution in [2.24, 2.45) is 0 Å². The standard InChI is InChI=1S/C90H59B2F2N5S/c93-77-47-28-44-72(63-33-12-3-13-34-63)88(77)99-82-56-69(95(64-35-14-4-15-36-64)65-37-16-5-17-38-65)55-81-85(82)91(73-45-23-26-49-79(73)97(81)66-39-18-6-19-40-66)75-59-76-90(87(94)89(75)99)100-84-58-70(57-83-86(84)92(76)74-46-24-27-50-80(74)98(83)67-41-20-7-21-42-67)96(68-53-51-61(52-54-68)60-29-8-1-9-30-60)78-48-25-22-43-71(78)62-31-10-2-11-32-62/h1-59H. The van der Waals surface area contributed by atoms with Crippen molar-refractivity contribution in [3.8, 4) is 33.4 Å². The lowest BCUT2D eigenvalue weighted by Gasteiger charge is -2.46. The van der Waals surface area contributed by atoms with Gasteiger partial charge in [0.2, 0.25) is 6.71 Å². The Kier molecular flexibility index (Phi) is 14.3. The van der Waals surface area contributed by atoms with Crippen molar-refractivity contribution in [2.45, 2.75) is 9.79 Å². The number of benzene rings is 15. The highest BCUT2D eigenvalue weighted by Crippen LogP contribution is 2.54. The molecule has 100 heavy (non-hydrogen) atoms. The normalized spacial score (nSPS) is 12.8. The van der Waals surface area contributed by atoms with E-state index < -0.39 is 25.1 Å². The SMILES string of the molecule is Fc1cccc(-c2ccccc2)c1N1c2cc(N(c3ccccc3)c3ccccc3)cc3c2B(c2ccccc2N3c2ccccc2)c2cc3c(c(F)c21)Sc1cc(N(c2ccc(-c4ccccc4)cc2)c2ccccc2-c2ccccc2)cc2c1B3c1ccccc1N2c1ccccc1. The predicted octanol–water partition coefficient (Wildman–Crippen LogP) is 20.8. The van der Waals surface area contributed by atoms with Crippen LogP contribution < -0.4 is 57.3 Å². The summed E-state index contributed by atoms with van der Waals surface area (Å²) in [7, 11) is 0. The Balaban J connectivity index is 0.912. The molecular formula is C90H59B2F2N5S. The second-order valence-electron chi connectivity index (χ2n) is 25.7. The third kappa shape index (κ3) is 9.61.